The van der Waals surface area contributed by atoms with Crippen molar-refractivity contribution in [3.05, 3.63) is 107 Å². The molecular formula is C27H22N2O4. The third kappa shape index (κ3) is 3.55. The Morgan fingerprint density at radius 1 is 0.697 bits per heavy atom. The SMILES string of the molecule is COC(=O)c1ccc2[nH]cc(C(c3ccccc3)c3c[nH]c4ccc(C(=O)OC)cc34)c2c1. The molecule has 5 aromatic rings. The minimum absolute atomic E-state index is 0.144. The highest BCUT2D eigenvalue weighted by Crippen LogP contribution is 2.39. The van der Waals surface area contributed by atoms with E-state index in [0.717, 1.165) is 38.5 Å². The maximum absolute atomic E-state index is 12.2. The molecule has 6 heteroatoms. The van der Waals surface area contributed by atoms with E-state index in [9.17, 15) is 9.59 Å². The number of aromatic amines is 2. The molecule has 0 spiro atoms. The molecule has 2 heterocycles. The van der Waals surface area contributed by atoms with Gasteiger partial charge < -0.3 is 19.4 Å². The predicted octanol–water partition coefficient (Wildman–Crippen LogP) is 5.40. The second kappa shape index (κ2) is 8.31. The number of hydrogen-bond donors (Lipinski definition) is 2. The number of nitrogens with one attached hydrogen (secondary N) is 2. The molecule has 6 nitrogen and oxygen atoms in total. The zero-order chi connectivity index (χ0) is 22.9. The van der Waals surface area contributed by atoms with Crippen LogP contribution < -0.4 is 0 Å². The Morgan fingerprint density at radius 2 is 1.18 bits per heavy atom. The van der Waals surface area contributed by atoms with Crippen LogP contribution in [0.15, 0.2) is 79.1 Å². The molecule has 0 aliphatic heterocycles. The summed E-state index contributed by atoms with van der Waals surface area (Å²) in [5, 5.41) is 1.87. The Hall–Kier alpha value is -4.32. The van der Waals surface area contributed by atoms with Gasteiger partial charge in [-0.25, -0.2) is 9.59 Å². The molecule has 0 atom stereocenters. The highest BCUT2D eigenvalue weighted by Gasteiger charge is 2.24. The number of carbonyl (C=O) groups excluding carboxylic acids is 2. The lowest BCUT2D eigenvalue weighted by molar-refractivity contribution is 0.0592. The molecule has 3 aromatic carbocycles. The Balaban J connectivity index is 1.76. The molecule has 0 aliphatic carbocycles. The average molecular weight is 438 g/mol. The summed E-state index contributed by atoms with van der Waals surface area (Å²) in [5.74, 6) is -0.903. The van der Waals surface area contributed by atoms with E-state index in [1.807, 2.05) is 54.9 Å². The van der Waals surface area contributed by atoms with Crippen molar-refractivity contribution in [2.24, 2.45) is 0 Å². The second-order valence-electron chi connectivity index (χ2n) is 7.84. The Morgan fingerprint density at radius 3 is 1.64 bits per heavy atom. The number of benzene rings is 3. The summed E-state index contributed by atoms with van der Waals surface area (Å²) < 4.78 is 9.85. The van der Waals surface area contributed by atoms with E-state index in [-0.39, 0.29) is 17.9 Å². The van der Waals surface area contributed by atoms with Crippen LogP contribution in [0.25, 0.3) is 21.8 Å². The van der Waals surface area contributed by atoms with Crippen molar-refractivity contribution < 1.29 is 19.1 Å². The van der Waals surface area contributed by atoms with Gasteiger partial charge in [0.15, 0.2) is 0 Å². The maximum atomic E-state index is 12.2. The van der Waals surface area contributed by atoms with Crippen LogP contribution in [-0.2, 0) is 9.47 Å². The van der Waals surface area contributed by atoms with Crippen molar-refractivity contribution in [1.29, 1.82) is 0 Å². The largest absolute Gasteiger partial charge is 0.465 e. The Kier molecular flexibility index (Phi) is 5.18. The molecule has 0 fully saturated rings. The van der Waals surface area contributed by atoms with E-state index >= 15 is 0 Å². The fourth-order valence-electron chi connectivity index (χ4n) is 4.42. The van der Waals surface area contributed by atoms with Gasteiger partial charge in [0.25, 0.3) is 0 Å². The number of fused-ring (bicyclic) bond motifs is 2. The first-order valence-corrected chi connectivity index (χ1v) is 10.5. The summed E-state index contributed by atoms with van der Waals surface area (Å²) in [6.45, 7) is 0. The first-order chi connectivity index (χ1) is 16.1. The second-order valence-corrected chi connectivity index (χ2v) is 7.84. The van der Waals surface area contributed by atoms with Crippen LogP contribution in [-0.4, -0.2) is 36.1 Å². The van der Waals surface area contributed by atoms with E-state index < -0.39 is 0 Å². The molecule has 0 radical (unpaired) electrons. The van der Waals surface area contributed by atoms with Gasteiger partial charge in [0.2, 0.25) is 0 Å². The molecule has 0 amide bonds. The Labute approximate surface area is 190 Å². The van der Waals surface area contributed by atoms with E-state index in [0.29, 0.717) is 11.1 Å². The number of esters is 2. The monoisotopic (exact) mass is 438 g/mol. The highest BCUT2D eigenvalue weighted by atomic mass is 16.5. The van der Waals surface area contributed by atoms with Crippen LogP contribution in [0.4, 0.5) is 0 Å². The first kappa shape index (κ1) is 20.6. The van der Waals surface area contributed by atoms with Gasteiger partial charge in [-0.05, 0) is 53.1 Å². The molecule has 0 unspecified atom stereocenters. The minimum atomic E-state index is -0.380. The zero-order valence-corrected chi connectivity index (χ0v) is 18.2. The lowest BCUT2D eigenvalue weighted by Gasteiger charge is -2.18. The lowest BCUT2D eigenvalue weighted by atomic mass is 9.84. The third-order valence-corrected chi connectivity index (χ3v) is 6.02. The summed E-state index contributed by atoms with van der Waals surface area (Å²) in [5.41, 5.74) is 5.96. The highest BCUT2D eigenvalue weighted by molar-refractivity contribution is 5.98. The number of carbonyl (C=O) groups is 2. The fraction of sp³-hybridized carbons (Fsp3) is 0.111. The average Bonchev–Trinajstić information content (AvgIpc) is 3.48. The van der Waals surface area contributed by atoms with Gasteiger partial charge in [0.1, 0.15) is 0 Å². The van der Waals surface area contributed by atoms with Crippen molar-refractivity contribution in [3.8, 4) is 0 Å². The van der Waals surface area contributed by atoms with E-state index in [2.05, 4.69) is 22.1 Å². The number of ether oxygens (including phenoxy) is 2. The summed E-state index contributed by atoms with van der Waals surface area (Å²) in [6, 6.07) is 21.1. The van der Waals surface area contributed by atoms with E-state index in [4.69, 9.17) is 9.47 Å². The van der Waals surface area contributed by atoms with Gasteiger partial charge in [-0.3, -0.25) is 0 Å². The fourth-order valence-corrected chi connectivity index (χ4v) is 4.42. The van der Waals surface area contributed by atoms with Gasteiger partial charge in [0.05, 0.1) is 25.3 Å². The molecule has 5 rings (SSSR count). The minimum Gasteiger partial charge on any atom is -0.465 e. The van der Waals surface area contributed by atoms with Crippen molar-refractivity contribution in [3.63, 3.8) is 0 Å². The number of rotatable bonds is 5. The van der Waals surface area contributed by atoms with Gasteiger partial charge in [-0.1, -0.05) is 30.3 Å². The topological polar surface area (TPSA) is 84.2 Å². The summed E-state index contributed by atoms with van der Waals surface area (Å²) >= 11 is 0. The van der Waals surface area contributed by atoms with Crippen LogP contribution in [0.2, 0.25) is 0 Å². The van der Waals surface area contributed by atoms with Crippen LogP contribution in [0, 0.1) is 0 Å². The van der Waals surface area contributed by atoms with Crippen molar-refractivity contribution in [1.82, 2.24) is 9.97 Å². The molecule has 2 N–H and O–H groups in total. The van der Waals surface area contributed by atoms with Crippen LogP contribution >= 0.6 is 0 Å². The van der Waals surface area contributed by atoms with Gasteiger partial charge in [-0.2, -0.15) is 0 Å². The standard InChI is InChI=1S/C27H22N2O4/c1-32-26(30)17-8-10-23-19(12-17)21(14-28-23)25(16-6-4-3-5-7-16)22-15-29-24-11-9-18(13-20(22)24)27(31)33-2/h3-15,25,28-29H,1-2H3. The quantitative estimate of drug-likeness (QED) is 0.360. The number of hydrogen-bond acceptors (Lipinski definition) is 4. The van der Waals surface area contributed by atoms with Gasteiger partial charge >= 0.3 is 11.9 Å². The molecule has 0 saturated carbocycles. The number of methoxy groups -OCH3 is 2. The summed E-state index contributed by atoms with van der Waals surface area (Å²) in [6.07, 6.45) is 3.96. The molecule has 0 saturated heterocycles. The summed E-state index contributed by atoms with van der Waals surface area (Å²) in [4.78, 5) is 31.0. The van der Waals surface area contributed by atoms with Crippen LogP contribution in [0.3, 0.4) is 0 Å². The molecule has 33 heavy (non-hydrogen) atoms. The number of aromatic nitrogens is 2. The molecule has 164 valence electrons. The first-order valence-electron chi connectivity index (χ1n) is 10.5. The zero-order valence-electron chi connectivity index (χ0n) is 18.2. The van der Waals surface area contributed by atoms with Crippen molar-refractivity contribution >= 4 is 33.7 Å². The third-order valence-electron chi connectivity index (χ3n) is 6.02. The van der Waals surface area contributed by atoms with Crippen LogP contribution in [0.1, 0.15) is 43.3 Å². The van der Waals surface area contributed by atoms with Gasteiger partial charge in [0, 0.05) is 40.1 Å². The predicted molar refractivity (Wildman–Crippen MR) is 127 cm³/mol. The molecular weight excluding hydrogens is 416 g/mol. The number of H-pyrrole nitrogens is 2. The maximum Gasteiger partial charge on any atom is 0.337 e. The molecule has 0 bridgehead atoms. The molecule has 0 aliphatic rings. The van der Waals surface area contributed by atoms with E-state index in [1.165, 1.54) is 14.2 Å². The summed E-state index contributed by atoms with van der Waals surface area (Å²) in [7, 11) is 2.75. The van der Waals surface area contributed by atoms with E-state index in [1.54, 1.807) is 12.1 Å². The lowest BCUT2D eigenvalue weighted by Crippen LogP contribution is -2.04. The molecule has 2 aromatic heterocycles. The van der Waals surface area contributed by atoms with Gasteiger partial charge in [-0.15, -0.1) is 0 Å². The Bertz CT molecular complexity index is 1390. The van der Waals surface area contributed by atoms with Crippen LogP contribution in [0.5, 0.6) is 0 Å². The normalized spacial score (nSPS) is 11.2. The van der Waals surface area contributed by atoms with Crippen molar-refractivity contribution in [2.45, 2.75) is 5.92 Å². The van der Waals surface area contributed by atoms with Crippen molar-refractivity contribution in [2.75, 3.05) is 14.2 Å². The smallest absolute Gasteiger partial charge is 0.337 e.